The second kappa shape index (κ2) is 6.32. The number of alkyl halides is 2. The van der Waals surface area contributed by atoms with E-state index in [4.69, 9.17) is 0 Å². The molecule has 2 rings (SSSR count). The van der Waals surface area contributed by atoms with Crippen molar-refractivity contribution in [3.63, 3.8) is 0 Å². The minimum absolute atomic E-state index is 0.135. The van der Waals surface area contributed by atoms with Crippen molar-refractivity contribution < 1.29 is 13.5 Å². The van der Waals surface area contributed by atoms with Crippen LogP contribution < -0.4 is 10.1 Å². The lowest BCUT2D eigenvalue weighted by atomic mass is 10.0. The molecule has 2 aromatic rings. The van der Waals surface area contributed by atoms with E-state index >= 15 is 0 Å². The van der Waals surface area contributed by atoms with Crippen molar-refractivity contribution in [1.82, 2.24) is 15.1 Å². The van der Waals surface area contributed by atoms with Gasteiger partial charge in [-0.25, -0.2) is 0 Å². The minimum atomic E-state index is -2.83. The zero-order chi connectivity index (χ0) is 14.7. The van der Waals surface area contributed by atoms with Crippen molar-refractivity contribution in [2.24, 2.45) is 7.05 Å². The summed E-state index contributed by atoms with van der Waals surface area (Å²) in [6.45, 7) is -2.83. The van der Waals surface area contributed by atoms with Crippen LogP contribution in [0.4, 0.5) is 8.78 Å². The second-order valence-corrected chi connectivity index (χ2v) is 5.03. The number of benzene rings is 1. The number of rotatable bonds is 5. The van der Waals surface area contributed by atoms with E-state index in [1.54, 1.807) is 30.1 Å². The van der Waals surface area contributed by atoms with E-state index in [0.717, 1.165) is 15.7 Å². The van der Waals surface area contributed by atoms with E-state index < -0.39 is 6.61 Å². The normalized spacial score (nSPS) is 12.7. The van der Waals surface area contributed by atoms with Crippen molar-refractivity contribution >= 4 is 15.9 Å². The van der Waals surface area contributed by atoms with Crippen LogP contribution in [0.5, 0.6) is 5.75 Å². The van der Waals surface area contributed by atoms with Crippen LogP contribution in [0.2, 0.25) is 0 Å². The SMILES string of the molecule is CNC(c1cccc(OC(F)F)c1)c1c(Br)cnn1C. The topological polar surface area (TPSA) is 39.1 Å². The first-order chi connectivity index (χ1) is 9.52. The molecule has 1 aromatic carbocycles. The van der Waals surface area contributed by atoms with Gasteiger partial charge in [0.1, 0.15) is 5.75 Å². The van der Waals surface area contributed by atoms with Gasteiger partial charge >= 0.3 is 6.61 Å². The molecule has 1 atom stereocenters. The van der Waals surface area contributed by atoms with Gasteiger partial charge in [-0.3, -0.25) is 4.68 Å². The maximum absolute atomic E-state index is 12.3. The minimum Gasteiger partial charge on any atom is -0.435 e. The second-order valence-electron chi connectivity index (χ2n) is 4.17. The molecule has 1 N–H and O–H groups in total. The molecular weight excluding hydrogens is 332 g/mol. The molecule has 108 valence electrons. The molecule has 0 bridgehead atoms. The number of halogens is 3. The van der Waals surface area contributed by atoms with Crippen molar-refractivity contribution in [2.45, 2.75) is 12.7 Å². The average molecular weight is 346 g/mol. The first kappa shape index (κ1) is 14.9. The molecule has 1 heterocycles. The smallest absolute Gasteiger partial charge is 0.387 e. The lowest BCUT2D eigenvalue weighted by Gasteiger charge is -2.18. The van der Waals surface area contributed by atoms with E-state index in [-0.39, 0.29) is 11.8 Å². The lowest BCUT2D eigenvalue weighted by Crippen LogP contribution is -2.21. The molecule has 0 radical (unpaired) electrons. The third-order valence-electron chi connectivity index (χ3n) is 2.92. The standard InChI is InChI=1S/C13H14BrF2N3O/c1-17-11(12-10(14)7-18-19(12)2)8-4-3-5-9(6-8)20-13(15)16/h3-7,11,13,17H,1-2H3. The zero-order valence-electron chi connectivity index (χ0n) is 11.0. The fourth-order valence-electron chi connectivity index (χ4n) is 2.08. The summed E-state index contributed by atoms with van der Waals surface area (Å²) in [5, 5.41) is 7.31. The van der Waals surface area contributed by atoms with Crippen LogP contribution in [0.1, 0.15) is 17.3 Å². The number of nitrogens with zero attached hydrogens (tertiary/aromatic N) is 2. The van der Waals surface area contributed by atoms with Gasteiger partial charge in [0.25, 0.3) is 0 Å². The third-order valence-corrected chi connectivity index (χ3v) is 3.53. The highest BCUT2D eigenvalue weighted by molar-refractivity contribution is 9.10. The van der Waals surface area contributed by atoms with Gasteiger partial charge in [-0.2, -0.15) is 13.9 Å². The van der Waals surface area contributed by atoms with E-state index in [2.05, 4.69) is 31.1 Å². The van der Waals surface area contributed by atoms with Crippen molar-refractivity contribution in [3.05, 3.63) is 46.2 Å². The Morgan fingerprint density at radius 2 is 2.15 bits per heavy atom. The molecule has 0 spiro atoms. The van der Waals surface area contributed by atoms with Gasteiger partial charge in [-0.05, 0) is 40.7 Å². The molecule has 0 aliphatic rings. The Bertz CT molecular complexity index is 569. The highest BCUT2D eigenvalue weighted by atomic mass is 79.9. The maximum atomic E-state index is 12.3. The molecular formula is C13H14BrF2N3O. The van der Waals surface area contributed by atoms with E-state index in [0.29, 0.717) is 0 Å². The van der Waals surface area contributed by atoms with Gasteiger partial charge in [0.15, 0.2) is 0 Å². The van der Waals surface area contributed by atoms with Gasteiger partial charge in [-0.15, -0.1) is 0 Å². The van der Waals surface area contributed by atoms with E-state index in [1.807, 2.05) is 13.1 Å². The quantitative estimate of drug-likeness (QED) is 0.904. The Morgan fingerprint density at radius 3 is 2.70 bits per heavy atom. The van der Waals surface area contributed by atoms with Crippen molar-refractivity contribution in [3.8, 4) is 5.75 Å². The molecule has 7 heteroatoms. The van der Waals surface area contributed by atoms with Gasteiger partial charge in [0.05, 0.1) is 22.4 Å². The Morgan fingerprint density at radius 1 is 1.40 bits per heavy atom. The summed E-state index contributed by atoms with van der Waals surface area (Å²) >= 11 is 3.44. The van der Waals surface area contributed by atoms with Crippen LogP contribution in [0.3, 0.4) is 0 Å². The van der Waals surface area contributed by atoms with Crippen LogP contribution in [0, 0.1) is 0 Å². The summed E-state index contributed by atoms with van der Waals surface area (Å²) in [6.07, 6.45) is 1.69. The number of hydrogen-bond donors (Lipinski definition) is 1. The highest BCUT2D eigenvalue weighted by Crippen LogP contribution is 2.29. The first-order valence-electron chi connectivity index (χ1n) is 5.92. The summed E-state index contributed by atoms with van der Waals surface area (Å²) in [4.78, 5) is 0. The molecule has 1 unspecified atom stereocenters. The molecule has 20 heavy (non-hydrogen) atoms. The largest absolute Gasteiger partial charge is 0.435 e. The fourth-order valence-corrected chi connectivity index (χ4v) is 2.65. The summed E-state index contributed by atoms with van der Waals surface area (Å²) in [5.41, 5.74) is 1.72. The maximum Gasteiger partial charge on any atom is 0.387 e. The number of aryl methyl sites for hydroxylation is 1. The number of hydrogen-bond acceptors (Lipinski definition) is 3. The molecule has 0 saturated carbocycles. The summed E-state index contributed by atoms with van der Waals surface area (Å²) in [7, 11) is 3.62. The molecule has 0 amide bonds. The Kier molecular flexibility index (Phi) is 4.72. The first-order valence-corrected chi connectivity index (χ1v) is 6.71. The molecule has 0 aliphatic carbocycles. The predicted octanol–water partition coefficient (Wildman–Crippen LogP) is 3.09. The molecule has 0 aliphatic heterocycles. The number of nitrogens with one attached hydrogen (secondary N) is 1. The van der Waals surface area contributed by atoms with E-state index in [1.165, 1.54) is 6.07 Å². The zero-order valence-corrected chi connectivity index (χ0v) is 12.6. The summed E-state index contributed by atoms with van der Waals surface area (Å²) in [6, 6.07) is 6.44. The van der Waals surface area contributed by atoms with Crippen LogP contribution in [0.15, 0.2) is 34.9 Å². The number of aromatic nitrogens is 2. The Balaban J connectivity index is 2.37. The van der Waals surface area contributed by atoms with Gasteiger partial charge < -0.3 is 10.1 Å². The van der Waals surface area contributed by atoms with Crippen molar-refractivity contribution in [1.29, 1.82) is 0 Å². The molecule has 0 saturated heterocycles. The Labute approximate surface area is 123 Å². The van der Waals surface area contributed by atoms with Crippen LogP contribution in [0.25, 0.3) is 0 Å². The third kappa shape index (κ3) is 3.16. The molecule has 1 aromatic heterocycles. The van der Waals surface area contributed by atoms with E-state index in [9.17, 15) is 8.78 Å². The monoisotopic (exact) mass is 345 g/mol. The summed E-state index contributed by atoms with van der Waals surface area (Å²) in [5.74, 6) is 0.135. The summed E-state index contributed by atoms with van der Waals surface area (Å²) < 4.78 is 31.6. The van der Waals surface area contributed by atoms with Gasteiger partial charge in [0, 0.05) is 7.05 Å². The van der Waals surface area contributed by atoms with Crippen molar-refractivity contribution in [2.75, 3.05) is 7.05 Å². The van der Waals surface area contributed by atoms with Gasteiger partial charge in [-0.1, -0.05) is 12.1 Å². The van der Waals surface area contributed by atoms with Crippen LogP contribution >= 0.6 is 15.9 Å². The fraction of sp³-hybridized carbons (Fsp3) is 0.308. The predicted molar refractivity (Wildman–Crippen MR) is 74.9 cm³/mol. The van der Waals surface area contributed by atoms with Gasteiger partial charge in [0.2, 0.25) is 0 Å². The van der Waals surface area contributed by atoms with Crippen LogP contribution in [-0.4, -0.2) is 23.4 Å². The molecule has 0 fully saturated rings. The lowest BCUT2D eigenvalue weighted by molar-refractivity contribution is -0.0498. The average Bonchev–Trinajstić information content (AvgIpc) is 2.71. The highest BCUT2D eigenvalue weighted by Gasteiger charge is 2.20. The molecule has 4 nitrogen and oxygen atoms in total. The van der Waals surface area contributed by atoms with Crippen LogP contribution in [-0.2, 0) is 7.05 Å². The Hall–Kier alpha value is -1.47. The number of ether oxygens (including phenoxy) is 1.